The second kappa shape index (κ2) is 37.1. The summed E-state index contributed by atoms with van der Waals surface area (Å²) in [4.78, 5) is 73.5. The summed E-state index contributed by atoms with van der Waals surface area (Å²) in [6.07, 6.45) is 3.31. The van der Waals surface area contributed by atoms with Crippen molar-refractivity contribution in [3.05, 3.63) is 115 Å². The van der Waals surface area contributed by atoms with Crippen LogP contribution in [0.3, 0.4) is 0 Å². The van der Waals surface area contributed by atoms with Crippen molar-refractivity contribution in [2.24, 2.45) is 11.8 Å². The third-order valence-corrected chi connectivity index (χ3v) is 17.4. The number of benzene rings is 2. The van der Waals surface area contributed by atoms with Crippen molar-refractivity contribution in [3.8, 4) is 0 Å². The van der Waals surface area contributed by atoms with Gasteiger partial charge in [-0.3, -0.25) is 29.0 Å². The van der Waals surface area contributed by atoms with E-state index in [1.54, 1.807) is 50.5 Å². The molecule has 4 fully saturated rings. The van der Waals surface area contributed by atoms with Crippen LogP contribution in [0.2, 0.25) is 20.1 Å². The molecule has 27 heteroatoms. The van der Waals surface area contributed by atoms with Crippen LogP contribution in [0, 0.1) is 23.5 Å². The molecule has 0 aliphatic carbocycles. The molecular weight excluding hydrogens is 1360 g/mol. The first-order valence-electron chi connectivity index (χ1n) is 28.8. The molecule has 504 valence electrons. The smallest absolute Gasteiger partial charge is 0.308 e. The van der Waals surface area contributed by atoms with E-state index >= 15 is 4.39 Å². The van der Waals surface area contributed by atoms with Crippen molar-refractivity contribution < 1.29 is 33.1 Å². The average Bonchev–Trinajstić information content (AvgIpc) is 4.11. The van der Waals surface area contributed by atoms with E-state index in [9.17, 15) is 28.7 Å². The Morgan fingerprint density at radius 2 is 0.910 bits per heavy atom. The molecule has 4 aliphatic heterocycles. The number of carbonyl (C=O) groups excluding carboxylic acids is 3. The van der Waals surface area contributed by atoms with Crippen molar-refractivity contribution in [2.45, 2.75) is 144 Å². The molecule has 0 radical (unpaired) electrons. The molecule has 0 spiro atoms. The van der Waals surface area contributed by atoms with Gasteiger partial charge in [-0.2, -0.15) is 0 Å². The zero-order valence-corrected chi connectivity index (χ0v) is 61.1. The number of amides is 3. The van der Waals surface area contributed by atoms with Gasteiger partial charge in [0.1, 0.15) is 23.3 Å². The van der Waals surface area contributed by atoms with E-state index in [2.05, 4.69) is 55.7 Å². The molecule has 8 rings (SSSR count). The topological polar surface area (TPSA) is 149 Å². The van der Waals surface area contributed by atoms with Crippen LogP contribution in [0.4, 0.5) is 20.4 Å². The first-order chi connectivity index (χ1) is 38.8. The Bertz CT molecular complexity index is 2930. The number of hydrogen-bond acceptors (Lipinski definition) is 11. The van der Waals surface area contributed by atoms with Crippen molar-refractivity contribution in [1.82, 2.24) is 39.8 Å². The molecule has 89 heavy (non-hydrogen) atoms. The summed E-state index contributed by atoms with van der Waals surface area (Å²) in [6.45, 7) is 35.9. The largest absolute Gasteiger partial charge is 0.481 e. The molecule has 2 aromatic carbocycles. The highest BCUT2D eigenvalue weighted by atomic mass is 35.5. The van der Waals surface area contributed by atoms with Crippen LogP contribution in [0.5, 0.6) is 0 Å². The number of nitrogens with zero attached hydrogens (tertiary/aromatic N) is 9. The summed E-state index contributed by atoms with van der Waals surface area (Å²) in [5.74, 6) is -1.39. The first kappa shape index (κ1) is 85.9. The predicted octanol–water partition coefficient (Wildman–Crippen LogP) is 14.4. The van der Waals surface area contributed by atoms with Crippen LogP contribution in [0.25, 0.3) is 0 Å². The van der Waals surface area contributed by atoms with Crippen molar-refractivity contribution in [3.63, 3.8) is 0 Å². The van der Waals surface area contributed by atoms with Crippen LogP contribution in [-0.4, -0.2) is 165 Å². The molecule has 2 aromatic heterocycles. The fraction of sp³-hybridized carbons (Fsp3) is 0.581. The highest BCUT2D eigenvalue weighted by Crippen LogP contribution is 2.41. The van der Waals surface area contributed by atoms with Gasteiger partial charge >= 0.3 is 5.97 Å². The number of pyridine rings is 2. The highest BCUT2D eigenvalue weighted by molar-refractivity contribution is 6.31. The molecule has 3 amide bonds. The van der Waals surface area contributed by atoms with Gasteiger partial charge in [0.2, 0.25) is 17.7 Å². The quantitative estimate of drug-likeness (QED) is 0.139. The van der Waals surface area contributed by atoms with Crippen LogP contribution >= 0.6 is 121 Å². The molecule has 15 nitrogen and oxygen atoms in total. The van der Waals surface area contributed by atoms with Crippen molar-refractivity contribution >= 4 is 156 Å². The van der Waals surface area contributed by atoms with E-state index in [0.717, 1.165) is 48.9 Å². The zero-order chi connectivity index (χ0) is 61.6. The van der Waals surface area contributed by atoms with Crippen LogP contribution in [0.15, 0.2) is 60.9 Å². The highest BCUT2D eigenvalue weighted by Gasteiger charge is 2.46. The number of aromatic nitrogens is 2. The Morgan fingerprint density at radius 1 is 0.551 bits per heavy atom. The Balaban J connectivity index is 0.00000138. The summed E-state index contributed by atoms with van der Waals surface area (Å²) >= 11 is 24.3. The molecular formula is C62H92Cl10F2N10O5. The second-order valence-electron chi connectivity index (χ2n) is 24.8. The Kier molecular flexibility index (Phi) is 35.8. The Labute approximate surface area is 583 Å². The minimum Gasteiger partial charge on any atom is -0.481 e. The number of aliphatic carboxylic acids is 1. The molecule has 1 unspecified atom stereocenters. The van der Waals surface area contributed by atoms with Gasteiger partial charge < -0.3 is 34.9 Å². The maximum absolute atomic E-state index is 15.1. The predicted molar refractivity (Wildman–Crippen MR) is 374 cm³/mol. The van der Waals surface area contributed by atoms with Gasteiger partial charge in [-0.15, -0.1) is 74.4 Å². The fourth-order valence-electron chi connectivity index (χ4n) is 12.2. The lowest BCUT2D eigenvalue weighted by Gasteiger charge is -2.39. The number of piperazine rings is 2. The lowest BCUT2D eigenvalue weighted by molar-refractivity contribution is -0.142. The minimum absolute atomic E-state index is 0. The van der Waals surface area contributed by atoms with Gasteiger partial charge in [0, 0.05) is 161 Å². The SMILES string of the molecule is CC(=O)N(C(C)C)[C@H](C)c1cc(Cl)cnc1N1CCN(C(=O)[C@@H]2CN(C(C)(C)C)C[C@H]2c2ccc(Cl)cc2F)CC1.CC(=O)N(C(C)C)[C@H](C)c1cc(Cl)cnc1N1CCNCC1.CC(C)(C)N1CC(C(=O)O)[C@H](c2ccc(Cl)cc2F)C1.Cl.Cl.Cl.Cl.Cl.Cl. The molecule has 4 aliphatic rings. The number of anilines is 2. The van der Waals surface area contributed by atoms with E-state index in [1.165, 1.54) is 12.1 Å². The average molecular weight is 1450 g/mol. The van der Waals surface area contributed by atoms with Crippen molar-refractivity contribution in [1.29, 1.82) is 0 Å². The minimum atomic E-state index is -0.879. The number of carbonyl (C=O) groups is 4. The number of hydrogen-bond donors (Lipinski definition) is 2. The summed E-state index contributed by atoms with van der Waals surface area (Å²) in [6, 6.07) is 12.9. The standard InChI is InChI=1S/C31H42Cl2FN5O2.C16H25ClN4O.C15H19ClFNO2.6ClH/c1-19(2)39(21(4)40)20(3)25-14-23(33)16-35-29(25)36-10-12-37(13-11-36)30(41)27-18-38(31(5,6)7)17-26(27)24-9-8-22(32)15-28(24)34;1-11(2)21(13(4)22)12(3)15-9-14(17)10-19-16(15)20-7-5-18-6-8-20;1-15(2,3)18-7-11(12(8-18)14(19)20)10-5-4-9(16)6-13(10)17;;;;;;/h8-9,14-16,19-20,26-27H,10-13,17-18H2,1-7H3;9-12,18H,5-8H2,1-4H3;4-6,11-12H,7-8H2,1-3H3,(H,19,20);6*1H/t20-,26+,27-;12-;11-,12?;;;;;;/m110....../s1. The zero-order valence-electron chi connectivity index (χ0n) is 53.2. The van der Waals surface area contributed by atoms with Crippen LogP contribution in [0.1, 0.15) is 143 Å². The molecule has 4 saturated heterocycles. The molecule has 4 aromatic rings. The number of carboxylic acid groups (broad SMARTS) is 1. The lowest BCUT2D eigenvalue weighted by atomic mass is 9.87. The summed E-state index contributed by atoms with van der Waals surface area (Å²) < 4.78 is 29.1. The Morgan fingerprint density at radius 3 is 1.25 bits per heavy atom. The van der Waals surface area contributed by atoms with Gasteiger partial charge in [0.25, 0.3) is 0 Å². The van der Waals surface area contributed by atoms with Gasteiger partial charge in [0.05, 0.1) is 34.0 Å². The second-order valence-corrected chi connectivity index (χ2v) is 26.6. The summed E-state index contributed by atoms with van der Waals surface area (Å²) in [5.41, 5.74) is 2.60. The number of carboxylic acids is 1. The van der Waals surface area contributed by atoms with E-state index in [1.807, 2.05) is 89.1 Å². The van der Waals surface area contributed by atoms with Gasteiger partial charge in [-0.05, 0) is 131 Å². The van der Waals surface area contributed by atoms with Gasteiger partial charge in [0.15, 0.2) is 0 Å². The van der Waals surface area contributed by atoms with Crippen LogP contribution < -0.4 is 15.1 Å². The van der Waals surface area contributed by atoms with E-state index < -0.39 is 17.7 Å². The first-order valence-corrected chi connectivity index (χ1v) is 30.3. The summed E-state index contributed by atoms with van der Waals surface area (Å²) in [5, 5.41) is 14.5. The molecule has 6 atom stereocenters. The monoisotopic (exact) mass is 1440 g/mol. The Hall–Kier alpha value is -3.14. The van der Waals surface area contributed by atoms with E-state index in [4.69, 9.17) is 46.4 Å². The lowest BCUT2D eigenvalue weighted by Crippen LogP contribution is -2.52. The number of rotatable bonds is 12. The van der Waals surface area contributed by atoms with Gasteiger partial charge in [-0.25, -0.2) is 18.7 Å². The third-order valence-electron chi connectivity index (χ3n) is 16.5. The third kappa shape index (κ3) is 22.0. The van der Waals surface area contributed by atoms with Gasteiger partial charge in [-0.1, -0.05) is 58.5 Å². The number of likely N-dealkylation sites (tertiary alicyclic amines) is 2. The molecule has 0 bridgehead atoms. The fourth-order valence-corrected chi connectivity index (χ4v) is 12.8. The van der Waals surface area contributed by atoms with Crippen molar-refractivity contribution in [2.75, 3.05) is 88.3 Å². The molecule has 6 heterocycles. The van der Waals surface area contributed by atoms with Crippen LogP contribution in [-0.2, 0) is 19.2 Å². The number of nitrogens with one attached hydrogen (secondary N) is 1. The number of halogens is 12. The van der Waals surface area contributed by atoms with E-state index in [-0.39, 0.29) is 151 Å². The molecule has 2 N–H and O–H groups in total. The molecule has 0 saturated carbocycles. The van der Waals surface area contributed by atoms with E-state index in [0.29, 0.717) is 83.6 Å². The normalized spacial score (nSPS) is 19.2. The summed E-state index contributed by atoms with van der Waals surface area (Å²) in [7, 11) is 0. The maximum atomic E-state index is 15.1. The maximum Gasteiger partial charge on any atom is 0.308 e.